The lowest BCUT2D eigenvalue weighted by Crippen LogP contribution is -2.48. The molecule has 2 amide bonds. The van der Waals surface area contributed by atoms with Gasteiger partial charge in [-0.1, -0.05) is 0 Å². The Labute approximate surface area is 165 Å². The molecule has 0 aliphatic carbocycles. The summed E-state index contributed by atoms with van der Waals surface area (Å²) >= 11 is 1.85. The average Bonchev–Trinajstić information content (AvgIpc) is 3.04. The first-order valence-electron chi connectivity index (χ1n) is 9.75. The van der Waals surface area contributed by atoms with Crippen molar-refractivity contribution in [3.05, 3.63) is 24.2 Å². The Kier molecular flexibility index (Phi) is 6.40. The number of carbonyl (C=O) groups is 2. The Bertz CT molecular complexity index is 641. The van der Waals surface area contributed by atoms with Gasteiger partial charge in [-0.2, -0.15) is 0 Å². The van der Waals surface area contributed by atoms with Crippen LogP contribution in [0.25, 0.3) is 0 Å². The summed E-state index contributed by atoms with van der Waals surface area (Å²) < 4.78 is 11.0. The maximum Gasteiger partial charge on any atom is 0.410 e. The molecule has 1 aromatic rings. The van der Waals surface area contributed by atoms with E-state index in [1.165, 1.54) is 0 Å². The molecule has 2 fully saturated rings. The van der Waals surface area contributed by atoms with E-state index in [2.05, 4.69) is 0 Å². The predicted molar refractivity (Wildman–Crippen MR) is 106 cm³/mol. The van der Waals surface area contributed by atoms with Gasteiger partial charge in [0.25, 0.3) is 0 Å². The van der Waals surface area contributed by atoms with Gasteiger partial charge in [-0.3, -0.25) is 4.79 Å². The summed E-state index contributed by atoms with van der Waals surface area (Å²) in [5.74, 6) is 1.93. The first kappa shape index (κ1) is 20.1. The van der Waals surface area contributed by atoms with E-state index in [4.69, 9.17) is 9.15 Å². The highest BCUT2D eigenvalue weighted by Crippen LogP contribution is 2.35. The van der Waals surface area contributed by atoms with Crippen LogP contribution >= 0.6 is 11.8 Å². The van der Waals surface area contributed by atoms with E-state index < -0.39 is 5.60 Å². The Morgan fingerprint density at radius 2 is 2.00 bits per heavy atom. The fraction of sp³-hybridized carbons (Fsp3) is 0.700. The van der Waals surface area contributed by atoms with Crippen LogP contribution in [0, 0.1) is 5.92 Å². The van der Waals surface area contributed by atoms with Crippen LogP contribution in [0.3, 0.4) is 0 Å². The minimum Gasteiger partial charge on any atom is -0.468 e. The summed E-state index contributed by atoms with van der Waals surface area (Å²) in [4.78, 5) is 29.1. The van der Waals surface area contributed by atoms with E-state index in [0.717, 1.165) is 43.9 Å². The van der Waals surface area contributed by atoms with Crippen LogP contribution in [0.15, 0.2) is 22.8 Å². The number of amides is 2. The maximum atomic E-state index is 13.1. The molecule has 2 saturated heterocycles. The number of rotatable bonds is 2. The third kappa shape index (κ3) is 5.43. The summed E-state index contributed by atoms with van der Waals surface area (Å²) in [6.45, 7) is 8.20. The van der Waals surface area contributed by atoms with Gasteiger partial charge >= 0.3 is 6.09 Å². The molecule has 3 rings (SSSR count). The molecular formula is C20H30N2O4S. The van der Waals surface area contributed by atoms with Crippen LogP contribution in [-0.2, 0) is 9.53 Å². The summed E-state index contributed by atoms with van der Waals surface area (Å²) in [6, 6.07) is 3.92. The van der Waals surface area contributed by atoms with Gasteiger partial charge in [-0.25, -0.2) is 4.79 Å². The van der Waals surface area contributed by atoms with Gasteiger partial charge < -0.3 is 19.0 Å². The second kappa shape index (κ2) is 8.59. The molecule has 2 aliphatic rings. The lowest BCUT2D eigenvalue weighted by molar-refractivity contribution is -0.136. The molecule has 150 valence electrons. The Morgan fingerprint density at radius 3 is 2.70 bits per heavy atom. The SMILES string of the molecule is CC(C)(C)OC(=O)N1CCCC(C(=O)N2CCSC(c3ccco3)CC2)C1. The molecule has 0 aromatic carbocycles. The fourth-order valence-electron chi connectivity index (χ4n) is 3.62. The van der Waals surface area contributed by atoms with Gasteiger partial charge in [0.05, 0.1) is 17.4 Å². The fourth-order valence-corrected chi connectivity index (χ4v) is 4.80. The molecule has 27 heavy (non-hydrogen) atoms. The Morgan fingerprint density at radius 1 is 1.19 bits per heavy atom. The topological polar surface area (TPSA) is 63.0 Å². The third-order valence-electron chi connectivity index (χ3n) is 4.94. The summed E-state index contributed by atoms with van der Waals surface area (Å²) in [6.07, 6.45) is 3.96. The molecular weight excluding hydrogens is 364 g/mol. The number of hydrogen-bond acceptors (Lipinski definition) is 5. The number of carbonyl (C=O) groups excluding carboxylic acids is 2. The highest BCUT2D eigenvalue weighted by Gasteiger charge is 2.34. The molecule has 0 bridgehead atoms. The molecule has 7 heteroatoms. The van der Waals surface area contributed by atoms with Crippen LogP contribution in [0.2, 0.25) is 0 Å². The number of nitrogens with zero attached hydrogens (tertiary/aromatic N) is 2. The van der Waals surface area contributed by atoms with Crippen molar-refractivity contribution in [2.75, 3.05) is 31.9 Å². The molecule has 2 atom stereocenters. The lowest BCUT2D eigenvalue weighted by Gasteiger charge is -2.35. The molecule has 3 heterocycles. The number of hydrogen-bond donors (Lipinski definition) is 0. The van der Waals surface area contributed by atoms with Crippen LogP contribution in [-0.4, -0.2) is 59.3 Å². The minimum atomic E-state index is -0.517. The molecule has 1 aromatic heterocycles. The summed E-state index contributed by atoms with van der Waals surface area (Å²) in [5, 5.41) is 0.308. The number of ether oxygens (including phenoxy) is 1. The molecule has 6 nitrogen and oxygen atoms in total. The second-order valence-electron chi connectivity index (χ2n) is 8.25. The molecule has 2 unspecified atom stereocenters. The third-order valence-corrected chi connectivity index (χ3v) is 6.22. The average molecular weight is 395 g/mol. The van der Waals surface area contributed by atoms with Crippen molar-refractivity contribution < 1.29 is 18.7 Å². The van der Waals surface area contributed by atoms with E-state index in [0.29, 0.717) is 18.3 Å². The van der Waals surface area contributed by atoms with Gasteiger partial charge in [0.1, 0.15) is 11.4 Å². The van der Waals surface area contributed by atoms with Gasteiger partial charge in [0.2, 0.25) is 5.91 Å². The first-order chi connectivity index (χ1) is 12.8. The zero-order valence-corrected chi connectivity index (χ0v) is 17.3. The van der Waals surface area contributed by atoms with Crippen molar-refractivity contribution in [1.82, 2.24) is 9.80 Å². The molecule has 0 radical (unpaired) electrons. The van der Waals surface area contributed by atoms with Gasteiger partial charge in [0, 0.05) is 31.9 Å². The van der Waals surface area contributed by atoms with Crippen molar-refractivity contribution in [3.8, 4) is 0 Å². The number of furan rings is 1. The molecule has 0 N–H and O–H groups in total. The number of likely N-dealkylation sites (tertiary alicyclic amines) is 1. The van der Waals surface area contributed by atoms with Crippen LogP contribution < -0.4 is 0 Å². The normalized spacial score (nSPS) is 24.4. The minimum absolute atomic E-state index is 0.128. The van der Waals surface area contributed by atoms with Crippen LogP contribution in [0.5, 0.6) is 0 Å². The standard InChI is InChI=1S/C20H30N2O4S/c1-20(2,3)26-19(24)22-9-4-6-15(14-22)18(23)21-10-8-17(27-13-11-21)16-7-5-12-25-16/h5,7,12,15,17H,4,6,8-11,13-14H2,1-3H3. The van der Waals surface area contributed by atoms with Crippen molar-refractivity contribution >= 4 is 23.8 Å². The largest absolute Gasteiger partial charge is 0.468 e. The van der Waals surface area contributed by atoms with Gasteiger partial charge in [-0.15, -0.1) is 11.8 Å². The lowest BCUT2D eigenvalue weighted by atomic mass is 9.96. The zero-order chi connectivity index (χ0) is 19.4. The van der Waals surface area contributed by atoms with E-state index in [1.807, 2.05) is 49.6 Å². The van der Waals surface area contributed by atoms with Crippen molar-refractivity contribution in [2.24, 2.45) is 5.92 Å². The van der Waals surface area contributed by atoms with Crippen molar-refractivity contribution in [2.45, 2.75) is 50.9 Å². The van der Waals surface area contributed by atoms with Gasteiger partial charge in [0.15, 0.2) is 0 Å². The maximum absolute atomic E-state index is 13.1. The Balaban J connectivity index is 1.56. The second-order valence-corrected chi connectivity index (χ2v) is 9.56. The van der Waals surface area contributed by atoms with E-state index in [-0.39, 0.29) is 17.9 Å². The van der Waals surface area contributed by atoms with Crippen LogP contribution in [0.4, 0.5) is 4.79 Å². The predicted octanol–water partition coefficient (Wildman–Crippen LogP) is 3.93. The van der Waals surface area contributed by atoms with E-state index >= 15 is 0 Å². The summed E-state index contributed by atoms with van der Waals surface area (Å²) in [7, 11) is 0. The monoisotopic (exact) mass is 394 g/mol. The molecule has 2 aliphatic heterocycles. The zero-order valence-electron chi connectivity index (χ0n) is 16.5. The van der Waals surface area contributed by atoms with Crippen molar-refractivity contribution in [1.29, 1.82) is 0 Å². The number of piperidine rings is 1. The number of thioether (sulfide) groups is 1. The molecule has 0 saturated carbocycles. The van der Waals surface area contributed by atoms with E-state index in [1.54, 1.807) is 11.2 Å². The van der Waals surface area contributed by atoms with Crippen LogP contribution in [0.1, 0.15) is 51.0 Å². The highest BCUT2D eigenvalue weighted by atomic mass is 32.2. The highest BCUT2D eigenvalue weighted by molar-refractivity contribution is 7.99. The first-order valence-corrected chi connectivity index (χ1v) is 10.8. The quantitative estimate of drug-likeness (QED) is 0.760. The van der Waals surface area contributed by atoms with E-state index in [9.17, 15) is 9.59 Å². The molecule has 0 spiro atoms. The summed E-state index contributed by atoms with van der Waals surface area (Å²) in [5.41, 5.74) is -0.517. The smallest absolute Gasteiger partial charge is 0.410 e. The Hall–Kier alpha value is -1.63. The van der Waals surface area contributed by atoms with Crippen molar-refractivity contribution in [3.63, 3.8) is 0 Å². The van der Waals surface area contributed by atoms with Gasteiger partial charge in [-0.05, 0) is 52.2 Å².